The van der Waals surface area contributed by atoms with Crippen LogP contribution in [0.3, 0.4) is 0 Å². The first-order chi connectivity index (χ1) is 9.02. The Morgan fingerprint density at radius 1 is 1.37 bits per heavy atom. The third-order valence-electron chi connectivity index (χ3n) is 2.73. The van der Waals surface area contributed by atoms with Gasteiger partial charge in [0.1, 0.15) is 17.3 Å². The van der Waals surface area contributed by atoms with E-state index >= 15 is 0 Å². The fourth-order valence-corrected chi connectivity index (χ4v) is 2.03. The zero-order chi connectivity index (χ0) is 14.0. The summed E-state index contributed by atoms with van der Waals surface area (Å²) in [6.07, 6.45) is 3.19. The van der Waals surface area contributed by atoms with Gasteiger partial charge in [0, 0.05) is 6.07 Å². The molecule has 0 saturated carbocycles. The fraction of sp³-hybridized carbons (Fsp3) is 0.333. The number of hydrogen-bond acceptors (Lipinski definition) is 3. The molecule has 0 bridgehead atoms. The number of nitrogens with zero attached hydrogens (tertiary/aromatic N) is 3. The zero-order valence-corrected chi connectivity index (χ0v) is 11.9. The van der Waals surface area contributed by atoms with Crippen molar-refractivity contribution >= 4 is 15.9 Å². The van der Waals surface area contributed by atoms with E-state index in [0.29, 0.717) is 5.69 Å². The van der Waals surface area contributed by atoms with Crippen LogP contribution < -0.4 is 5.73 Å². The van der Waals surface area contributed by atoms with Crippen LogP contribution in [0.1, 0.15) is 31.5 Å². The molecule has 1 atom stereocenters. The molecule has 7 heteroatoms. The lowest BCUT2D eigenvalue weighted by atomic mass is 10.1. The second-order valence-corrected chi connectivity index (χ2v) is 5.06. The molecular formula is C12H13BrF2N4. The van der Waals surface area contributed by atoms with Crippen LogP contribution in [0.25, 0.3) is 5.69 Å². The van der Waals surface area contributed by atoms with Crippen LogP contribution in [-0.2, 0) is 0 Å². The van der Waals surface area contributed by atoms with Crippen molar-refractivity contribution in [2.45, 2.75) is 25.8 Å². The first-order valence-electron chi connectivity index (χ1n) is 5.85. The maximum atomic E-state index is 13.8. The van der Waals surface area contributed by atoms with E-state index in [1.807, 2.05) is 6.92 Å². The standard InChI is InChI=1S/C12H13BrF2N4/c1-2-3-10(16)11-6-19(18-17-11)12-5-8(14)7(13)4-9(12)15/h4-6,10H,2-3,16H2,1H3. The summed E-state index contributed by atoms with van der Waals surface area (Å²) in [5, 5.41) is 7.68. The van der Waals surface area contributed by atoms with Gasteiger partial charge in [0.15, 0.2) is 0 Å². The molecule has 0 aliphatic heterocycles. The molecule has 0 aliphatic carbocycles. The molecule has 0 aliphatic rings. The van der Waals surface area contributed by atoms with Crippen molar-refractivity contribution in [3.8, 4) is 5.69 Å². The van der Waals surface area contributed by atoms with E-state index in [0.717, 1.165) is 25.0 Å². The second-order valence-electron chi connectivity index (χ2n) is 4.20. The van der Waals surface area contributed by atoms with Crippen LogP contribution in [0.2, 0.25) is 0 Å². The van der Waals surface area contributed by atoms with E-state index in [2.05, 4.69) is 26.2 Å². The minimum Gasteiger partial charge on any atom is -0.323 e. The van der Waals surface area contributed by atoms with Gasteiger partial charge in [-0.3, -0.25) is 0 Å². The highest BCUT2D eigenvalue weighted by Gasteiger charge is 2.14. The van der Waals surface area contributed by atoms with Crippen LogP contribution in [0, 0.1) is 11.6 Å². The van der Waals surface area contributed by atoms with Gasteiger partial charge in [0.2, 0.25) is 0 Å². The maximum absolute atomic E-state index is 13.8. The summed E-state index contributed by atoms with van der Waals surface area (Å²) >= 11 is 2.92. The van der Waals surface area contributed by atoms with Gasteiger partial charge in [0.05, 0.1) is 22.4 Å². The SMILES string of the molecule is CCCC(N)c1cn(-c2cc(F)c(Br)cc2F)nn1. The molecule has 0 saturated heterocycles. The van der Waals surface area contributed by atoms with Crippen molar-refractivity contribution in [1.82, 2.24) is 15.0 Å². The Balaban J connectivity index is 2.35. The van der Waals surface area contributed by atoms with Gasteiger partial charge in [-0.1, -0.05) is 18.6 Å². The van der Waals surface area contributed by atoms with E-state index in [9.17, 15) is 8.78 Å². The summed E-state index contributed by atoms with van der Waals surface area (Å²) in [4.78, 5) is 0. The van der Waals surface area contributed by atoms with Crippen molar-refractivity contribution < 1.29 is 8.78 Å². The van der Waals surface area contributed by atoms with E-state index in [1.165, 1.54) is 10.9 Å². The predicted octanol–water partition coefficient (Wildman–Crippen LogP) is 3.11. The second kappa shape index (κ2) is 5.75. The number of aromatic nitrogens is 3. The average Bonchev–Trinajstić information content (AvgIpc) is 2.83. The van der Waals surface area contributed by atoms with E-state index < -0.39 is 11.6 Å². The largest absolute Gasteiger partial charge is 0.323 e. The van der Waals surface area contributed by atoms with Gasteiger partial charge in [-0.05, 0) is 28.4 Å². The van der Waals surface area contributed by atoms with Crippen molar-refractivity contribution in [1.29, 1.82) is 0 Å². The van der Waals surface area contributed by atoms with Crippen LogP contribution in [0.5, 0.6) is 0 Å². The topological polar surface area (TPSA) is 56.7 Å². The summed E-state index contributed by atoms with van der Waals surface area (Å²) in [6.45, 7) is 2.01. The van der Waals surface area contributed by atoms with E-state index in [-0.39, 0.29) is 16.2 Å². The summed E-state index contributed by atoms with van der Waals surface area (Å²) in [5.41, 5.74) is 6.46. The number of rotatable bonds is 4. The van der Waals surface area contributed by atoms with Gasteiger partial charge in [-0.15, -0.1) is 5.10 Å². The average molecular weight is 331 g/mol. The van der Waals surface area contributed by atoms with Crippen LogP contribution in [0.4, 0.5) is 8.78 Å². The normalized spacial score (nSPS) is 12.7. The van der Waals surface area contributed by atoms with Gasteiger partial charge >= 0.3 is 0 Å². The Hall–Kier alpha value is -1.34. The summed E-state index contributed by atoms with van der Waals surface area (Å²) in [6, 6.07) is 1.86. The molecule has 1 aromatic heterocycles. The van der Waals surface area contributed by atoms with E-state index in [1.54, 1.807) is 0 Å². The van der Waals surface area contributed by atoms with Gasteiger partial charge < -0.3 is 5.73 Å². The van der Waals surface area contributed by atoms with Crippen molar-refractivity contribution in [3.05, 3.63) is 40.1 Å². The molecule has 0 fully saturated rings. The Labute approximate surface area is 117 Å². The minimum atomic E-state index is -0.589. The first-order valence-corrected chi connectivity index (χ1v) is 6.65. The van der Waals surface area contributed by atoms with Crippen molar-refractivity contribution in [2.75, 3.05) is 0 Å². The van der Waals surface area contributed by atoms with Gasteiger partial charge in [-0.25, -0.2) is 13.5 Å². The summed E-state index contributed by atoms with van der Waals surface area (Å²) < 4.78 is 28.4. The molecule has 2 rings (SSSR count). The molecule has 4 nitrogen and oxygen atoms in total. The minimum absolute atomic E-state index is 0.00292. The number of hydrogen-bond donors (Lipinski definition) is 1. The highest BCUT2D eigenvalue weighted by atomic mass is 79.9. The third-order valence-corrected chi connectivity index (χ3v) is 3.33. The Morgan fingerprint density at radius 3 is 2.79 bits per heavy atom. The third kappa shape index (κ3) is 2.98. The molecule has 1 heterocycles. The van der Waals surface area contributed by atoms with Gasteiger partial charge in [-0.2, -0.15) is 0 Å². The molecule has 1 unspecified atom stereocenters. The smallest absolute Gasteiger partial charge is 0.150 e. The highest BCUT2D eigenvalue weighted by molar-refractivity contribution is 9.10. The molecule has 2 aromatic rings. The van der Waals surface area contributed by atoms with Crippen LogP contribution >= 0.6 is 15.9 Å². The molecule has 102 valence electrons. The lowest BCUT2D eigenvalue weighted by Gasteiger charge is -2.05. The number of nitrogens with two attached hydrogens (primary N) is 1. The molecule has 19 heavy (non-hydrogen) atoms. The van der Waals surface area contributed by atoms with Gasteiger partial charge in [0.25, 0.3) is 0 Å². The lowest BCUT2D eigenvalue weighted by molar-refractivity contribution is 0.579. The summed E-state index contributed by atoms with van der Waals surface area (Å²) in [7, 11) is 0. The fourth-order valence-electron chi connectivity index (χ4n) is 1.71. The highest BCUT2D eigenvalue weighted by Crippen LogP contribution is 2.23. The quantitative estimate of drug-likeness (QED) is 0.876. The monoisotopic (exact) mass is 330 g/mol. The van der Waals surface area contributed by atoms with E-state index in [4.69, 9.17) is 5.73 Å². The van der Waals surface area contributed by atoms with Crippen LogP contribution in [0.15, 0.2) is 22.8 Å². The van der Waals surface area contributed by atoms with Crippen molar-refractivity contribution in [2.24, 2.45) is 5.73 Å². The maximum Gasteiger partial charge on any atom is 0.150 e. The molecule has 0 radical (unpaired) electrons. The molecule has 0 spiro atoms. The lowest BCUT2D eigenvalue weighted by Crippen LogP contribution is -2.10. The first kappa shape index (κ1) is 14.1. The Kier molecular flexibility index (Phi) is 4.26. The Morgan fingerprint density at radius 2 is 2.11 bits per heavy atom. The number of benzene rings is 1. The molecule has 0 amide bonds. The van der Waals surface area contributed by atoms with Crippen LogP contribution in [-0.4, -0.2) is 15.0 Å². The zero-order valence-electron chi connectivity index (χ0n) is 10.3. The number of halogens is 3. The Bertz CT molecular complexity index is 585. The molecular weight excluding hydrogens is 318 g/mol. The van der Waals surface area contributed by atoms with Crippen molar-refractivity contribution in [3.63, 3.8) is 0 Å². The summed E-state index contributed by atoms with van der Waals surface area (Å²) in [5.74, 6) is -1.15. The predicted molar refractivity (Wildman–Crippen MR) is 70.8 cm³/mol. The molecule has 1 aromatic carbocycles. The molecule has 2 N–H and O–H groups in total.